The minimum Gasteiger partial charge on any atom is -0.467 e. The lowest BCUT2D eigenvalue weighted by molar-refractivity contribution is -0.139. The molecule has 150 valence electrons. The summed E-state index contributed by atoms with van der Waals surface area (Å²) in [4.78, 5) is 27.9. The molecule has 0 aliphatic carbocycles. The van der Waals surface area contributed by atoms with Crippen LogP contribution in [0, 0.1) is 0 Å². The molecule has 1 aliphatic rings. The Bertz CT molecular complexity index is 954. The van der Waals surface area contributed by atoms with Gasteiger partial charge in [0.2, 0.25) is 0 Å². The third-order valence-corrected chi connectivity index (χ3v) is 6.11. The summed E-state index contributed by atoms with van der Waals surface area (Å²) in [5.74, 6) is -0.680. The highest BCUT2D eigenvalue weighted by atomic mass is 32.1. The van der Waals surface area contributed by atoms with Crippen LogP contribution in [0.1, 0.15) is 27.8 Å². The molecule has 3 heterocycles. The number of nitrogens with zero attached hydrogens (tertiary/aromatic N) is 1. The molecule has 4 rings (SSSR count). The summed E-state index contributed by atoms with van der Waals surface area (Å²) in [5, 5.41) is 7.43. The number of fused-ring (bicyclic) bond motifs is 1. The summed E-state index contributed by atoms with van der Waals surface area (Å²) in [6, 6.07) is 16.1. The van der Waals surface area contributed by atoms with Gasteiger partial charge >= 0.3 is 11.8 Å². The van der Waals surface area contributed by atoms with Gasteiger partial charge in [0.25, 0.3) is 0 Å². The molecule has 0 saturated heterocycles. The van der Waals surface area contributed by atoms with Gasteiger partial charge in [-0.15, -0.1) is 11.3 Å². The van der Waals surface area contributed by atoms with Crippen molar-refractivity contribution < 1.29 is 14.0 Å². The van der Waals surface area contributed by atoms with Gasteiger partial charge < -0.3 is 15.1 Å². The predicted octanol–water partition coefficient (Wildman–Crippen LogP) is 2.87. The fourth-order valence-electron chi connectivity index (χ4n) is 3.60. The first-order valence-corrected chi connectivity index (χ1v) is 10.5. The number of carbonyl (C=O) groups excluding carboxylic acids is 2. The first kappa shape index (κ1) is 19.4. The van der Waals surface area contributed by atoms with Gasteiger partial charge in [0, 0.05) is 24.5 Å². The van der Waals surface area contributed by atoms with Gasteiger partial charge in [0.1, 0.15) is 5.76 Å². The molecule has 2 amide bonds. The van der Waals surface area contributed by atoms with Crippen LogP contribution in [-0.2, 0) is 29.1 Å². The normalized spacial score (nSPS) is 14.8. The number of amides is 2. The van der Waals surface area contributed by atoms with Crippen molar-refractivity contribution in [2.45, 2.75) is 25.6 Å². The Hall–Kier alpha value is -2.90. The van der Waals surface area contributed by atoms with Crippen LogP contribution in [0.3, 0.4) is 0 Å². The molecular formula is C22H23N3O3S. The number of nitrogens with one attached hydrogen (secondary N) is 2. The van der Waals surface area contributed by atoms with Gasteiger partial charge in [0.15, 0.2) is 0 Å². The minimum absolute atomic E-state index is 0.0326. The number of thiophene rings is 1. The van der Waals surface area contributed by atoms with E-state index in [4.69, 9.17) is 4.42 Å². The molecule has 7 heteroatoms. The quantitative estimate of drug-likeness (QED) is 0.614. The fraction of sp³-hybridized carbons (Fsp3) is 0.273. The maximum atomic E-state index is 12.3. The van der Waals surface area contributed by atoms with Crippen LogP contribution < -0.4 is 10.6 Å². The van der Waals surface area contributed by atoms with E-state index in [0.717, 1.165) is 19.5 Å². The van der Waals surface area contributed by atoms with Crippen molar-refractivity contribution in [1.29, 1.82) is 0 Å². The van der Waals surface area contributed by atoms with E-state index in [1.807, 2.05) is 11.4 Å². The number of furan rings is 1. The van der Waals surface area contributed by atoms with Crippen LogP contribution in [0.4, 0.5) is 0 Å². The average Bonchev–Trinajstić information content (AvgIpc) is 3.46. The first-order chi connectivity index (χ1) is 14.2. The Balaban J connectivity index is 1.38. The molecule has 1 atom stereocenters. The number of rotatable bonds is 6. The van der Waals surface area contributed by atoms with Crippen molar-refractivity contribution in [3.05, 3.63) is 81.9 Å². The van der Waals surface area contributed by atoms with Crippen molar-refractivity contribution in [2.24, 2.45) is 0 Å². The van der Waals surface area contributed by atoms with Crippen molar-refractivity contribution >= 4 is 23.2 Å². The number of hydrogen-bond acceptors (Lipinski definition) is 5. The van der Waals surface area contributed by atoms with E-state index >= 15 is 0 Å². The molecule has 1 aromatic carbocycles. The molecule has 0 fully saturated rings. The maximum absolute atomic E-state index is 12.3. The van der Waals surface area contributed by atoms with Crippen LogP contribution in [-0.4, -0.2) is 29.8 Å². The lowest BCUT2D eigenvalue weighted by Crippen LogP contribution is -2.44. The van der Waals surface area contributed by atoms with Crippen LogP contribution in [0.15, 0.2) is 64.6 Å². The zero-order valence-electron chi connectivity index (χ0n) is 16.0. The molecule has 2 aromatic heterocycles. The summed E-state index contributed by atoms with van der Waals surface area (Å²) in [7, 11) is 0. The van der Waals surface area contributed by atoms with Gasteiger partial charge in [-0.2, -0.15) is 0 Å². The monoisotopic (exact) mass is 409 g/mol. The molecule has 3 aromatic rings. The summed E-state index contributed by atoms with van der Waals surface area (Å²) in [6.07, 6.45) is 2.51. The Morgan fingerprint density at radius 3 is 2.62 bits per heavy atom. The molecule has 0 saturated carbocycles. The topological polar surface area (TPSA) is 74.6 Å². The SMILES string of the molecule is O=C(NCc1ccco1)C(=O)NC[C@@H](c1cccs1)N1CCc2ccccc2C1. The zero-order chi connectivity index (χ0) is 20.1. The van der Waals surface area contributed by atoms with Gasteiger partial charge in [-0.05, 0) is 41.1 Å². The van der Waals surface area contributed by atoms with Crippen molar-refractivity contribution in [1.82, 2.24) is 15.5 Å². The predicted molar refractivity (Wildman–Crippen MR) is 111 cm³/mol. The van der Waals surface area contributed by atoms with E-state index in [2.05, 4.69) is 45.9 Å². The Morgan fingerprint density at radius 2 is 1.86 bits per heavy atom. The minimum atomic E-state index is -0.657. The second-order valence-corrected chi connectivity index (χ2v) is 7.97. The van der Waals surface area contributed by atoms with Crippen LogP contribution in [0.2, 0.25) is 0 Å². The summed E-state index contributed by atoms with van der Waals surface area (Å²) < 4.78 is 5.17. The highest BCUT2D eigenvalue weighted by molar-refractivity contribution is 7.10. The molecule has 6 nitrogen and oxygen atoms in total. The van der Waals surface area contributed by atoms with E-state index in [-0.39, 0.29) is 12.6 Å². The molecule has 1 aliphatic heterocycles. The zero-order valence-corrected chi connectivity index (χ0v) is 16.8. The van der Waals surface area contributed by atoms with E-state index in [1.54, 1.807) is 23.5 Å². The second-order valence-electron chi connectivity index (χ2n) is 6.99. The number of hydrogen-bond donors (Lipinski definition) is 2. The van der Waals surface area contributed by atoms with Gasteiger partial charge in [0.05, 0.1) is 18.8 Å². The van der Waals surface area contributed by atoms with E-state index < -0.39 is 11.8 Å². The van der Waals surface area contributed by atoms with E-state index in [9.17, 15) is 9.59 Å². The molecule has 0 radical (unpaired) electrons. The largest absolute Gasteiger partial charge is 0.467 e. The van der Waals surface area contributed by atoms with Crippen molar-refractivity contribution in [3.8, 4) is 0 Å². The highest BCUT2D eigenvalue weighted by Crippen LogP contribution is 2.29. The fourth-order valence-corrected chi connectivity index (χ4v) is 4.47. The van der Waals surface area contributed by atoms with Crippen molar-refractivity contribution in [2.75, 3.05) is 13.1 Å². The smallest absolute Gasteiger partial charge is 0.309 e. The molecule has 2 N–H and O–H groups in total. The average molecular weight is 410 g/mol. The molecule has 0 bridgehead atoms. The van der Waals surface area contributed by atoms with Gasteiger partial charge in [-0.3, -0.25) is 14.5 Å². The first-order valence-electron chi connectivity index (χ1n) is 9.63. The van der Waals surface area contributed by atoms with Gasteiger partial charge in [-0.1, -0.05) is 30.3 Å². The number of benzene rings is 1. The Morgan fingerprint density at radius 1 is 1.03 bits per heavy atom. The second kappa shape index (κ2) is 9.07. The van der Waals surface area contributed by atoms with Crippen LogP contribution in [0.5, 0.6) is 0 Å². The van der Waals surface area contributed by atoms with Crippen molar-refractivity contribution in [3.63, 3.8) is 0 Å². The summed E-state index contributed by atoms with van der Waals surface area (Å²) in [5.41, 5.74) is 2.71. The maximum Gasteiger partial charge on any atom is 0.309 e. The standard InChI is InChI=1S/C22H23N3O3S/c26-21(23-13-18-7-3-11-28-18)22(27)24-14-19(20-8-4-12-29-20)25-10-9-16-5-1-2-6-17(16)15-25/h1-8,11-12,19H,9-10,13-15H2,(H,23,26)(H,24,27)/t19-/m0/s1. The lowest BCUT2D eigenvalue weighted by Gasteiger charge is -2.35. The molecule has 29 heavy (non-hydrogen) atoms. The van der Waals surface area contributed by atoms with Crippen LogP contribution >= 0.6 is 11.3 Å². The van der Waals surface area contributed by atoms with E-state index in [0.29, 0.717) is 12.3 Å². The molecular weight excluding hydrogens is 386 g/mol. The summed E-state index contributed by atoms with van der Waals surface area (Å²) in [6.45, 7) is 2.33. The lowest BCUT2D eigenvalue weighted by atomic mass is 9.98. The third-order valence-electron chi connectivity index (χ3n) is 5.14. The Kier molecular flexibility index (Phi) is 6.07. The summed E-state index contributed by atoms with van der Waals surface area (Å²) >= 11 is 1.67. The highest BCUT2D eigenvalue weighted by Gasteiger charge is 2.26. The van der Waals surface area contributed by atoms with E-state index in [1.165, 1.54) is 22.3 Å². The van der Waals surface area contributed by atoms with Crippen LogP contribution in [0.25, 0.3) is 0 Å². The Labute approximate surface area is 173 Å². The molecule has 0 unspecified atom stereocenters. The molecule has 0 spiro atoms. The third kappa shape index (κ3) is 4.75. The number of carbonyl (C=O) groups is 2. The van der Waals surface area contributed by atoms with Gasteiger partial charge in [-0.25, -0.2) is 0 Å².